The van der Waals surface area contributed by atoms with Crippen molar-refractivity contribution in [2.75, 3.05) is 18.4 Å². The summed E-state index contributed by atoms with van der Waals surface area (Å²) in [6.07, 6.45) is 1.63. The number of rotatable bonds is 3. The molecule has 3 N–H and O–H groups in total. The molecule has 1 unspecified atom stereocenters. The first-order valence-electron chi connectivity index (χ1n) is 5.95. The monoisotopic (exact) mass is 234 g/mol. The summed E-state index contributed by atoms with van der Waals surface area (Å²) in [5.74, 6) is 0.723. The molecule has 0 aliphatic carbocycles. The Balaban J connectivity index is 1.93. The Morgan fingerprint density at radius 3 is 3.06 bits per heavy atom. The fourth-order valence-corrected chi connectivity index (χ4v) is 2.14. The van der Waals surface area contributed by atoms with E-state index in [2.05, 4.69) is 10.6 Å². The second-order valence-corrected chi connectivity index (χ2v) is 4.61. The Kier molecular flexibility index (Phi) is 3.64. The molecular weight excluding hydrogens is 216 g/mol. The third-order valence-electron chi connectivity index (χ3n) is 3.12. The number of nitrogens with one attached hydrogen (secondary N) is 2. The van der Waals surface area contributed by atoms with Crippen LogP contribution >= 0.6 is 0 Å². The summed E-state index contributed by atoms with van der Waals surface area (Å²) in [6.45, 7) is 3.81. The van der Waals surface area contributed by atoms with Gasteiger partial charge in [0.05, 0.1) is 0 Å². The van der Waals surface area contributed by atoms with E-state index in [-0.39, 0.29) is 11.7 Å². The number of aromatic hydroxyl groups is 1. The second-order valence-electron chi connectivity index (χ2n) is 4.61. The Bertz CT molecular complexity index is 412. The van der Waals surface area contributed by atoms with E-state index in [1.165, 1.54) is 0 Å². The minimum Gasteiger partial charge on any atom is -0.508 e. The SMILES string of the molecule is Cc1cc(O)ccc1NC(=O)CC1CCNC1. The summed E-state index contributed by atoms with van der Waals surface area (Å²) in [4.78, 5) is 11.8. The van der Waals surface area contributed by atoms with Gasteiger partial charge in [0.15, 0.2) is 0 Å². The van der Waals surface area contributed by atoms with E-state index in [0.29, 0.717) is 12.3 Å². The molecule has 0 aromatic heterocycles. The molecule has 2 rings (SSSR count). The molecular formula is C13H18N2O2. The number of hydrogen-bond donors (Lipinski definition) is 3. The van der Waals surface area contributed by atoms with Gasteiger partial charge >= 0.3 is 0 Å². The van der Waals surface area contributed by atoms with Gasteiger partial charge in [-0.05, 0) is 56.1 Å². The maximum absolute atomic E-state index is 11.8. The second kappa shape index (κ2) is 5.19. The molecule has 1 heterocycles. The van der Waals surface area contributed by atoms with Crippen LogP contribution in [-0.4, -0.2) is 24.1 Å². The topological polar surface area (TPSA) is 61.4 Å². The molecule has 17 heavy (non-hydrogen) atoms. The van der Waals surface area contributed by atoms with E-state index in [4.69, 9.17) is 0 Å². The summed E-state index contributed by atoms with van der Waals surface area (Å²) < 4.78 is 0. The highest BCUT2D eigenvalue weighted by atomic mass is 16.3. The number of hydrogen-bond acceptors (Lipinski definition) is 3. The molecule has 0 radical (unpaired) electrons. The fraction of sp³-hybridized carbons (Fsp3) is 0.462. The zero-order valence-electron chi connectivity index (χ0n) is 9.99. The van der Waals surface area contributed by atoms with Gasteiger partial charge in [-0.3, -0.25) is 4.79 Å². The van der Waals surface area contributed by atoms with Crippen LogP contribution in [-0.2, 0) is 4.79 Å². The molecule has 1 aliphatic rings. The first kappa shape index (κ1) is 11.9. The van der Waals surface area contributed by atoms with Gasteiger partial charge < -0.3 is 15.7 Å². The predicted octanol–water partition coefficient (Wildman–Crippen LogP) is 1.64. The highest BCUT2D eigenvalue weighted by Gasteiger charge is 2.18. The van der Waals surface area contributed by atoms with Crippen LogP contribution in [0.25, 0.3) is 0 Å². The van der Waals surface area contributed by atoms with Crippen molar-refractivity contribution in [3.8, 4) is 5.75 Å². The van der Waals surface area contributed by atoms with Crippen LogP contribution in [0.3, 0.4) is 0 Å². The Labute approximate surface area is 101 Å². The Hall–Kier alpha value is -1.55. The lowest BCUT2D eigenvalue weighted by Crippen LogP contribution is -2.18. The van der Waals surface area contributed by atoms with Crippen molar-refractivity contribution in [1.82, 2.24) is 5.32 Å². The van der Waals surface area contributed by atoms with Gasteiger partial charge in [0.25, 0.3) is 0 Å². The van der Waals surface area contributed by atoms with Gasteiger partial charge in [-0.25, -0.2) is 0 Å². The van der Waals surface area contributed by atoms with E-state index in [1.807, 2.05) is 6.92 Å². The summed E-state index contributed by atoms with van der Waals surface area (Å²) in [6, 6.07) is 4.96. The smallest absolute Gasteiger partial charge is 0.224 e. The van der Waals surface area contributed by atoms with Gasteiger partial charge in [0, 0.05) is 12.1 Å². The number of anilines is 1. The van der Waals surface area contributed by atoms with Crippen LogP contribution < -0.4 is 10.6 Å². The number of phenolic OH excluding ortho intramolecular Hbond substituents is 1. The Morgan fingerprint density at radius 2 is 2.41 bits per heavy atom. The highest BCUT2D eigenvalue weighted by Crippen LogP contribution is 2.21. The van der Waals surface area contributed by atoms with Crippen LogP contribution in [0.2, 0.25) is 0 Å². The first-order valence-corrected chi connectivity index (χ1v) is 5.95. The van der Waals surface area contributed by atoms with E-state index in [0.717, 1.165) is 30.8 Å². The van der Waals surface area contributed by atoms with Crippen molar-refractivity contribution in [3.05, 3.63) is 23.8 Å². The van der Waals surface area contributed by atoms with Gasteiger partial charge in [-0.2, -0.15) is 0 Å². The molecule has 1 fully saturated rings. The molecule has 0 spiro atoms. The third-order valence-corrected chi connectivity index (χ3v) is 3.12. The van der Waals surface area contributed by atoms with Crippen LogP contribution in [0.4, 0.5) is 5.69 Å². The Morgan fingerprint density at radius 1 is 1.59 bits per heavy atom. The van der Waals surface area contributed by atoms with Crippen molar-refractivity contribution in [1.29, 1.82) is 0 Å². The van der Waals surface area contributed by atoms with Crippen LogP contribution in [0.15, 0.2) is 18.2 Å². The van der Waals surface area contributed by atoms with Crippen molar-refractivity contribution in [2.24, 2.45) is 5.92 Å². The molecule has 1 atom stereocenters. The third kappa shape index (κ3) is 3.20. The van der Waals surface area contributed by atoms with E-state index in [1.54, 1.807) is 18.2 Å². The zero-order valence-corrected chi connectivity index (χ0v) is 9.99. The molecule has 1 amide bonds. The first-order chi connectivity index (χ1) is 8.15. The lowest BCUT2D eigenvalue weighted by molar-refractivity contribution is -0.116. The van der Waals surface area contributed by atoms with Crippen molar-refractivity contribution in [2.45, 2.75) is 19.8 Å². The van der Waals surface area contributed by atoms with Crippen LogP contribution in [0.1, 0.15) is 18.4 Å². The molecule has 0 saturated carbocycles. The van der Waals surface area contributed by atoms with E-state index < -0.39 is 0 Å². The molecule has 92 valence electrons. The number of carbonyl (C=O) groups is 1. The number of phenols is 1. The quantitative estimate of drug-likeness (QED) is 0.697. The van der Waals surface area contributed by atoms with E-state index >= 15 is 0 Å². The molecule has 1 aliphatic heterocycles. The van der Waals surface area contributed by atoms with Crippen LogP contribution in [0, 0.1) is 12.8 Å². The standard InChI is InChI=1S/C13H18N2O2/c1-9-6-11(16)2-3-12(9)15-13(17)7-10-4-5-14-8-10/h2-3,6,10,14,16H,4-5,7-8H2,1H3,(H,15,17). The lowest BCUT2D eigenvalue weighted by atomic mass is 10.0. The largest absolute Gasteiger partial charge is 0.508 e. The predicted molar refractivity (Wildman–Crippen MR) is 67.1 cm³/mol. The summed E-state index contributed by atoms with van der Waals surface area (Å²) in [5.41, 5.74) is 1.65. The fourth-order valence-electron chi connectivity index (χ4n) is 2.14. The highest BCUT2D eigenvalue weighted by molar-refractivity contribution is 5.91. The number of amides is 1. The minimum atomic E-state index is 0.0486. The summed E-state index contributed by atoms with van der Waals surface area (Å²) in [7, 11) is 0. The van der Waals surface area contributed by atoms with Gasteiger partial charge in [0.1, 0.15) is 5.75 Å². The van der Waals surface area contributed by atoms with Crippen molar-refractivity contribution < 1.29 is 9.90 Å². The van der Waals surface area contributed by atoms with Crippen LogP contribution in [0.5, 0.6) is 5.75 Å². The van der Waals surface area contributed by atoms with Gasteiger partial charge in [0.2, 0.25) is 5.91 Å². The van der Waals surface area contributed by atoms with Crippen molar-refractivity contribution in [3.63, 3.8) is 0 Å². The average Bonchev–Trinajstić information content (AvgIpc) is 2.75. The maximum Gasteiger partial charge on any atom is 0.224 e. The number of benzene rings is 1. The van der Waals surface area contributed by atoms with Gasteiger partial charge in [-0.1, -0.05) is 0 Å². The summed E-state index contributed by atoms with van der Waals surface area (Å²) >= 11 is 0. The summed E-state index contributed by atoms with van der Waals surface area (Å²) in [5, 5.41) is 15.4. The molecule has 1 saturated heterocycles. The molecule has 4 nitrogen and oxygen atoms in total. The molecule has 1 aromatic rings. The average molecular weight is 234 g/mol. The molecule has 1 aromatic carbocycles. The van der Waals surface area contributed by atoms with Crippen molar-refractivity contribution >= 4 is 11.6 Å². The minimum absolute atomic E-state index is 0.0486. The zero-order chi connectivity index (χ0) is 12.3. The van der Waals surface area contributed by atoms with Gasteiger partial charge in [-0.15, -0.1) is 0 Å². The lowest BCUT2D eigenvalue weighted by Gasteiger charge is -2.11. The number of aryl methyl sites for hydroxylation is 1. The molecule has 4 heteroatoms. The maximum atomic E-state index is 11.8. The van der Waals surface area contributed by atoms with E-state index in [9.17, 15) is 9.90 Å². The number of carbonyl (C=O) groups excluding carboxylic acids is 1. The normalized spacial score (nSPS) is 19.2. The molecule has 0 bridgehead atoms.